The molecule has 0 aromatic heterocycles. The number of carbonyl (C=O) groups excluding carboxylic acids is 1. The number of amides is 1. The van der Waals surface area contributed by atoms with E-state index in [9.17, 15) is 45.6 Å². The predicted molar refractivity (Wildman–Crippen MR) is 300 cm³/mol. The zero-order valence-corrected chi connectivity index (χ0v) is 47.8. The minimum atomic E-state index is -1.79. The SMILES string of the molecule is CCCCCCCCCCCCCCCCCCCCCCCCCCCCC/C=C/C(O)C(COC1OC(CO)C(OC2OC(CO)C(O)C(O)C2O)C(O)C1O)NC(=O)CCCCCCCCCCCCCC. The minimum Gasteiger partial charge on any atom is -0.394 e. The predicted octanol–water partition coefficient (Wildman–Crippen LogP) is 11.1. The molecule has 2 fully saturated rings. The summed E-state index contributed by atoms with van der Waals surface area (Å²) in [5.74, 6) is -0.236. The number of allylic oxidation sites excluding steroid dienone is 1. The second kappa shape index (κ2) is 47.5. The van der Waals surface area contributed by atoms with Crippen LogP contribution < -0.4 is 5.32 Å². The number of carbonyl (C=O) groups is 1. The first-order valence-corrected chi connectivity index (χ1v) is 31.4. The Morgan fingerprint density at radius 2 is 0.827 bits per heavy atom. The van der Waals surface area contributed by atoms with Gasteiger partial charge < -0.3 is 65.1 Å². The highest BCUT2D eigenvalue weighted by molar-refractivity contribution is 5.76. The molecule has 0 saturated carbocycles. The quantitative estimate of drug-likeness (QED) is 0.0204. The van der Waals surface area contributed by atoms with Crippen molar-refractivity contribution < 1.29 is 64.6 Å². The van der Waals surface area contributed by atoms with E-state index in [1.165, 1.54) is 212 Å². The monoisotopic (exact) mass is 1070 g/mol. The van der Waals surface area contributed by atoms with Crippen LogP contribution in [0.1, 0.15) is 277 Å². The first-order valence-electron chi connectivity index (χ1n) is 31.4. The summed E-state index contributed by atoms with van der Waals surface area (Å²) in [5.41, 5.74) is 0. The average Bonchev–Trinajstić information content (AvgIpc) is 3.41. The summed E-state index contributed by atoms with van der Waals surface area (Å²) in [7, 11) is 0. The van der Waals surface area contributed by atoms with Crippen LogP contribution in [0.5, 0.6) is 0 Å². The van der Waals surface area contributed by atoms with Gasteiger partial charge in [0.1, 0.15) is 48.8 Å². The fraction of sp³-hybridized carbons (Fsp3) is 0.951. The van der Waals surface area contributed by atoms with Crippen molar-refractivity contribution in [3.8, 4) is 0 Å². The molecule has 2 aliphatic heterocycles. The molecule has 0 aliphatic carbocycles. The normalized spacial score (nSPS) is 25.0. The van der Waals surface area contributed by atoms with Gasteiger partial charge in [0.15, 0.2) is 12.6 Å². The van der Waals surface area contributed by atoms with E-state index in [2.05, 4.69) is 19.2 Å². The summed E-state index contributed by atoms with van der Waals surface area (Å²) in [5, 5.41) is 87.1. The van der Waals surface area contributed by atoms with Crippen molar-refractivity contribution in [1.29, 1.82) is 0 Å². The highest BCUT2D eigenvalue weighted by atomic mass is 16.7. The molecule has 0 radical (unpaired) electrons. The number of unbranched alkanes of at least 4 members (excludes halogenated alkanes) is 38. The van der Waals surface area contributed by atoms with Gasteiger partial charge in [-0.05, 0) is 19.3 Å². The smallest absolute Gasteiger partial charge is 0.220 e. The highest BCUT2D eigenvalue weighted by Gasteiger charge is 2.51. The first-order chi connectivity index (χ1) is 36.6. The Bertz CT molecular complexity index is 1310. The summed E-state index contributed by atoms with van der Waals surface area (Å²) < 4.78 is 22.8. The molecule has 0 spiro atoms. The number of hydrogen-bond acceptors (Lipinski definition) is 13. The summed E-state index contributed by atoms with van der Waals surface area (Å²) in [6.45, 7) is 2.82. The van der Waals surface area contributed by atoms with Gasteiger partial charge >= 0.3 is 0 Å². The van der Waals surface area contributed by atoms with Crippen molar-refractivity contribution in [1.82, 2.24) is 5.32 Å². The van der Waals surface area contributed by atoms with Crippen LogP contribution in [-0.4, -0.2) is 140 Å². The van der Waals surface area contributed by atoms with Gasteiger partial charge in [-0.1, -0.05) is 264 Å². The molecule has 2 aliphatic rings. The first kappa shape index (κ1) is 69.8. The zero-order valence-electron chi connectivity index (χ0n) is 47.8. The van der Waals surface area contributed by atoms with E-state index < -0.39 is 86.8 Å². The molecule has 14 heteroatoms. The van der Waals surface area contributed by atoms with Crippen LogP contribution in [0.3, 0.4) is 0 Å². The lowest BCUT2D eigenvalue weighted by molar-refractivity contribution is -0.359. The van der Waals surface area contributed by atoms with Crippen molar-refractivity contribution in [3.63, 3.8) is 0 Å². The van der Waals surface area contributed by atoms with E-state index in [0.717, 1.165) is 38.5 Å². The van der Waals surface area contributed by atoms with Gasteiger partial charge in [0.25, 0.3) is 0 Å². The molecule has 0 bridgehead atoms. The lowest BCUT2D eigenvalue weighted by atomic mass is 9.97. The summed E-state index contributed by atoms with van der Waals surface area (Å²) in [4.78, 5) is 13.2. The molecule has 2 rings (SSSR count). The maximum atomic E-state index is 13.2. The Hall–Kier alpha value is -1.27. The van der Waals surface area contributed by atoms with Gasteiger partial charge in [0, 0.05) is 6.42 Å². The molecule has 1 amide bonds. The molecular formula is C61H117NO13. The Morgan fingerprint density at radius 3 is 1.23 bits per heavy atom. The number of aliphatic hydroxyl groups excluding tert-OH is 8. The van der Waals surface area contributed by atoms with Crippen molar-refractivity contribution in [2.75, 3.05) is 19.8 Å². The number of ether oxygens (including phenoxy) is 4. The van der Waals surface area contributed by atoms with Crippen molar-refractivity contribution in [2.45, 2.75) is 351 Å². The molecule has 9 N–H and O–H groups in total. The number of hydrogen-bond donors (Lipinski definition) is 9. The van der Waals surface area contributed by atoms with Gasteiger partial charge in [0.2, 0.25) is 5.91 Å². The van der Waals surface area contributed by atoms with Gasteiger partial charge in [-0.15, -0.1) is 0 Å². The van der Waals surface area contributed by atoms with Crippen LogP contribution in [0.25, 0.3) is 0 Å². The van der Waals surface area contributed by atoms with Gasteiger partial charge in [0.05, 0.1) is 32.0 Å². The Morgan fingerprint density at radius 1 is 0.467 bits per heavy atom. The lowest BCUT2D eigenvalue weighted by Gasteiger charge is -2.46. The number of rotatable bonds is 51. The molecule has 12 atom stereocenters. The highest BCUT2D eigenvalue weighted by Crippen LogP contribution is 2.30. The third kappa shape index (κ3) is 33.2. The molecule has 0 aromatic carbocycles. The van der Waals surface area contributed by atoms with Crippen molar-refractivity contribution >= 4 is 5.91 Å². The van der Waals surface area contributed by atoms with Crippen molar-refractivity contribution in [3.05, 3.63) is 12.2 Å². The zero-order chi connectivity index (χ0) is 54.6. The lowest BCUT2D eigenvalue weighted by Crippen LogP contribution is -2.65. The fourth-order valence-electron chi connectivity index (χ4n) is 10.6. The molecule has 12 unspecified atom stereocenters. The fourth-order valence-corrected chi connectivity index (χ4v) is 10.6. The van der Waals surface area contributed by atoms with Crippen LogP contribution in [0, 0.1) is 0 Å². The van der Waals surface area contributed by atoms with E-state index in [1.54, 1.807) is 6.08 Å². The summed E-state index contributed by atoms with van der Waals surface area (Å²) in [6, 6.07) is -0.909. The number of aliphatic hydroxyl groups is 8. The van der Waals surface area contributed by atoms with Crippen LogP contribution in [0.4, 0.5) is 0 Å². The van der Waals surface area contributed by atoms with Crippen LogP contribution in [0.15, 0.2) is 12.2 Å². The van der Waals surface area contributed by atoms with Gasteiger partial charge in [-0.3, -0.25) is 4.79 Å². The average molecular weight is 1070 g/mol. The Labute approximate surface area is 456 Å². The minimum absolute atomic E-state index is 0.236. The maximum Gasteiger partial charge on any atom is 0.220 e. The third-order valence-corrected chi connectivity index (χ3v) is 15.7. The van der Waals surface area contributed by atoms with Crippen molar-refractivity contribution in [2.24, 2.45) is 0 Å². The molecular weight excluding hydrogens is 955 g/mol. The molecule has 2 saturated heterocycles. The second-order valence-corrected chi connectivity index (χ2v) is 22.6. The standard InChI is InChI=1S/C61H117NO13/c1-3-5-7-9-11-13-15-17-18-19-20-21-22-23-24-25-26-27-28-29-30-31-32-33-34-36-38-40-42-44-50(65)49(62-53(66)45-43-41-39-37-35-16-14-12-10-8-6-4-2)48-72-60-58(71)56(69)59(52(47-64)74-60)75-61-57(70)55(68)54(67)51(46-63)73-61/h42,44,49-52,54-61,63-65,67-71H,3-41,43,45-48H2,1-2H3,(H,62,66)/b44-42+. The van der Waals surface area contributed by atoms with E-state index in [1.807, 2.05) is 6.08 Å². The third-order valence-electron chi connectivity index (χ3n) is 15.7. The maximum absolute atomic E-state index is 13.2. The van der Waals surface area contributed by atoms with E-state index in [0.29, 0.717) is 6.42 Å². The molecule has 0 aromatic rings. The molecule has 2 heterocycles. The van der Waals surface area contributed by atoms with E-state index in [-0.39, 0.29) is 18.9 Å². The molecule has 14 nitrogen and oxygen atoms in total. The van der Waals surface area contributed by atoms with Crippen LogP contribution >= 0.6 is 0 Å². The van der Waals surface area contributed by atoms with E-state index in [4.69, 9.17) is 18.9 Å². The van der Waals surface area contributed by atoms with E-state index >= 15 is 0 Å². The molecule has 444 valence electrons. The summed E-state index contributed by atoms with van der Waals surface area (Å²) in [6.07, 6.45) is 38.5. The molecule has 75 heavy (non-hydrogen) atoms. The second-order valence-electron chi connectivity index (χ2n) is 22.6. The largest absolute Gasteiger partial charge is 0.394 e. The van der Waals surface area contributed by atoms with Gasteiger partial charge in [-0.2, -0.15) is 0 Å². The summed E-state index contributed by atoms with van der Waals surface area (Å²) >= 11 is 0. The van der Waals surface area contributed by atoms with Crippen LogP contribution in [-0.2, 0) is 23.7 Å². The Kier molecular flexibility index (Phi) is 44.3. The van der Waals surface area contributed by atoms with Gasteiger partial charge in [-0.25, -0.2) is 0 Å². The topological polar surface area (TPSA) is 228 Å². The Balaban J connectivity index is 1.67. The number of nitrogens with one attached hydrogen (secondary N) is 1. The van der Waals surface area contributed by atoms with Crippen LogP contribution in [0.2, 0.25) is 0 Å².